The van der Waals surface area contributed by atoms with Gasteiger partial charge in [0.05, 0.1) is 17.2 Å². The Labute approximate surface area is 155 Å². The first kappa shape index (κ1) is 17.3. The molecule has 0 aliphatic carbocycles. The zero-order valence-electron chi connectivity index (χ0n) is 12.8. The third kappa shape index (κ3) is 4.28. The Morgan fingerprint density at radius 3 is 2.75 bits per heavy atom. The van der Waals surface area contributed by atoms with Crippen molar-refractivity contribution < 1.29 is 9.18 Å². The highest BCUT2D eigenvalue weighted by Crippen LogP contribution is 2.22. The molecule has 0 aliphatic heterocycles. The van der Waals surface area contributed by atoms with Gasteiger partial charge in [-0.05, 0) is 46.6 Å². The van der Waals surface area contributed by atoms with E-state index in [1.807, 2.05) is 18.4 Å². The summed E-state index contributed by atoms with van der Waals surface area (Å²) in [5.41, 5.74) is 1.70. The van der Waals surface area contributed by atoms with Crippen molar-refractivity contribution in [3.8, 4) is 0 Å². The molecule has 0 saturated carbocycles. The summed E-state index contributed by atoms with van der Waals surface area (Å²) < 4.78 is 14.0. The van der Waals surface area contributed by atoms with E-state index >= 15 is 0 Å². The Bertz CT molecular complexity index is 858. The van der Waals surface area contributed by atoms with E-state index in [2.05, 4.69) is 26.2 Å². The minimum absolute atomic E-state index is 0.111. The largest absolute Gasteiger partial charge is 0.346 e. The van der Waals surface area contributed by atoms with Crippen LogP contribution in [-0.2, 0) is 13.0 Å². The first-order valence-electron chi connectivity index (χ1n) is 7.23. The van der Waals surface area contributed by atoms with Gasteiger partial charge in [0.2, 0.25) is 0 Å². The van der Waals surface area contributed by atoms with Gasteiger partial charge in [-0.25, -0.2) is 9.37 Å². The highest BCUT2D eigenvalue weighted by Gasteiger charge is 2.15. The second-order valence-electron chi connectivity index (χ2n) is 5.24. The summed E-state index contributed by atoms with van der Waals surface area (Å²) in [7, 11) is 0. The maximum atomic E-state index is 13.0. The first-order chi connectivity index (χ1) is 11.5. The third-order valence-electron chi connectivity index (χ3n) is 3.36. The average molecular weight is 425 g/mol. The lowest BCUT2D eigenvalue weighted by atomic mass is 10.1. The van der Waals surface area contributed by atoms with Gasteiger partial charge in [0.1, 0.15) is 10.7 Å². The van der Waals surface area contributed by atoms with Crippen LogP contribution in [0.4, 0.5) is 4.39 Å². The minimum atomic E-state index is -0.255. The predicted octanol–water partition coefficient (Wildman–Crippen LogP) is 4.94. The first-order valence-corrected chi connectivity index (χ1v) is 9.72. The summed E-state index contributed by atoms with van der Waals surface area (Å²) in [6, 6.07) is 8.33. The van der Waals surface area contributed by atoms with E-state index in [1.165, 1.54) is 23.5 Å². The van der Waals surface area contributed by atoms with Gasteiger partial charge in [-0.15, -0.1) is 22.7 Å². The Hall–Kier alpha value is -1.57. The normalized spacial score (nSPS) is 10.8. The Balaban J connectivity index is 1.66. The van der Waals surface area contributed by atoms with Crippen LogP contribution in [-0.4, -0.2) is 10.9 Å². The van der Waals surface area contributed by atoms with Crippen LogP contribution in [0, 0.1) is 12.7 Å². The minimum Gasteiger partial charge on any atom is -0.346 e. The summed E-state index contributed by atoms with van der Waals surface area (Å²) in [5.74, 6) is -0.366. The van der Waals surface area contributed by atoms with Gasteiger partial charge >= 0.3 is 0 Å². The van der Waals surface area contributed by atoms with Crippen LogP contribution in [0.1, 0.15) is 30.8 Å². The van der Waals surface area contributed by atoms with E-state index in [0.29, 0.717) is 17.8 Å². The number of nitrogens with one attached hydrogen (secondary N) is 1. The Morgan fingerprint density at radius 2 is 2.08 bits per heavy atom. The van der Waals surface area contributed by atoms with Crippen molar-refractivity contribution in [2.24, 2.45) is 0 Å². The van der Waals surface area contributed by atoms with Crippen molar-refractivity contribution in [3.05, 3.63) is 72.0 Å². The molecule has 3 aromatic rings. The average Bonchev–Trinajstić information content (AvgIpc) is 3.13. The second-order valence-corrected chi connectivity index (χ2v) is 8.23. The molecule has 0 aliphatic rings. The fraction of sp³-hybridized carbons (Fsp3) is 0.176. The van der Waals surface area contributed by atoms with Crippen molar-refractivity contribution in [2.75, 3.05) is 0 Å². The second kappa shape index (κ2) is 7.55. The zero-order chi connectivity index (χ0) is 17.1. The van der Waals surface area contributed by atoms with E-state index in [4.69, 9.17) is 0 Å². The van der Waals surface area contributed by atoms with Gasteiger partial charge in [-0.2, -0.15) is 0 Å². The number of aromatic nitrogens is 1. The number of carbonyl (C=O) groups excluding carboxylic acids is 1. The number of thiophene rings is 1. The molecule has 0 atom stereocenters. The number of benzene rings is 1. The number of hydrogen-bond donors (Lipinski definition) is 1. The van der Waals surface area contributed by atoms with Crippen molar-refractivity contribution in [3.63, 3.8) is 0 Å². The van der Waals surface area contributed by atoms with Gasteiger partial charge in [0.25, 0.3) is 5.91 Å². The van der Waals surface area contributed by atoms with Gasteiger partial charge in [0, 0.05) is 21.2 Å². The number of thiazole rings is 1. The number of nitrogens with zero attached hydrogens (tertiary/aromatic N) is 1. The molecule has 2 aromatic heterocycles. The molecule has 0 bridgehead atoms. The van der Waals surface area contributed by atoms with Crippen LogP contribution in [0.2, 0.25) is 0 Å². The van der Waals surface area contributed by atoms with Crippen molar-refractivity contribution >= 4 is 44.5 Å². The number of amides is 1. The molecule has 0 radical (unpaired) electrons. The number of carbonyl (C=O) groups is 1. The molecule has 0 unspecified atom stereocenters. The lowest BCUT2D eigenvalue weighted by Crippen LogP contribution is -2.22. The van der Waals surface area contributed by atoms with Gasteiger partial charge < -0.3 is 5.32 Å². The van der Waals surface area contributed by atoms with Crippen molar-refractivity contribution in [2.45, 2.75) is 19.9 Å². The quantitative estimate of drug-likeness (QED) is 0.630. The van der Waals surface area contributed by atoms with Gasteiger partial charge in [0.15, 0.2) is 0 Å². The van der Waals surface area contributed by atoms with Crippen molar-refractivity contribution in [1.82, 2.24) is 10.3 Å². The summed E-state index contributed by atoms with van der Waals surface area (Å²) in [6.07, 6.45) is 0.594. The highest BCUT2D eigenvalue weighted by molar-refractivity contribution is 9.10. The summed E-state index contributed by atoms with van der Waals surface area (Å²) in [5, 5.41) is 5.76. The molecule has 0 saturated heterocycles. The maximum Gasteiger partial charge on any atom is 0.263 e. The van der Waals surface area contributed by atoms with Gasteiger partial charge in [-0.3, -0.25) is 4.79 Å². The molecule has 2 heterocycles. The van der Waals surface area contributed by atoms with E-state index in [9.17, 15) is 9.18 Å². The smallest absolute Gasteiger partial charge is 0.263 e. The lowest BCUT2D eigenvalue weighted by molar-refractivity contribution is 0.0954. The van der Waals surface area contributed by atoms with E-state index < -0.39 is 0 Å². The van der Waals surface area contributed by atoms with Crippen molar-refractivity contribution in [1.29, 1.82) is 0 Å². The fourth-order valence-electron chi connectivity index (χ4n) is 2.21. The molecule has 1 amide bonds. The molecular formula is C17H14BrFN2OS2. The third-order valence-corrected chi connectivity index (χ3v) is 6.21. The molecule has 24 heavy (non-hydrogen) atoms. The van der Waals surface area contributed by atoms with E-state index in [1.54, 1.807) is 23.5 Å². The van der Waals surface area contributed by atoms with Crippen LogP contribution in [0.15, 0.2) is 40.2 Å². The number of aryl methyl sites for hydroxylation is 1. The molecule has 1 N–H and O–H groups in total. The monoisotopic (exact) mass is 424 g/mol. The molecule has 3 nitrogen and oxygen atoms in total. The summed E-state index contributed by atoms with van der Waals surface area (Å²) >= 11 is 6.38. The molecule has 1 aromatic carbocycles. The number of hydrogen-bond acceptors (Lipinski definition) is 4. The lowest BCUT2D eigenvalue weighted by Gasteiger charge is -2.01. The van der Waals surface area contributed by atoms with E-state index in [-0.39, 0.29) is 11.7 Å². The Morgan fingerprint density at radius 1 is 1.33 bits per heavy atom. The highest BCUT2D eigenvalue weighted by atomic mass is 79.9. The van der Waals surface area contributed by atoms with Crippen LogP contribution < -0.4 is 5.32 Å². The SMILES string of the molecule is Cc1nc(Cc2ccc(F)cc2)sc1C(=O)NCc1cc(Br)cs1. The van der Waals surface area contributed by atoms with Crippen LogP contribution >= 0.6 is 38.6 Å². The molecule has 7 heteroatoms. The number of halogens is 2. The molecule has 3 rings (SSSR count). The van der Waals surface area contributed by atoms with Gasteiger partial charge in [-0.1, -0.05) is 12.1 Å². The predicted molar refractivity (Wildman–Crippen MR) is 99.2 cm³/mol. The molecular weight excluding hydrogens is 411 g/mol. The molecule has 0 spiro atoms. The summed E-state index contributed by atoms with van der Waals surface area (Å²) in [6.45, 7) is 2.33. The van der Waals surface area contributed by atoms with Crippen LogP contribution in [0.3, 0.4) is 0 Å². The standard InChI is InChI=1S/C17H14BrFN2OS2/c1-10-16(17(22)20-8-14-7-12(18)9-23-14)24-15(21-10)6-11-2-4-13(19)5-3-11/h2-5,7,9H,6,8H2,1H3,(H,20,22). The Kier molecular flexibility index (Phi) is 5.43. The fourth-order valence-corrected chi connectivity index (χ4v) is 4.62. The van der Waals surface area contributed by atoms with Crippen LogP contribution in [0.25, 0.3) is 0 Å². The maximum absolute atomic E-state index is 13.0. The topological polar surface area (TPSA) is 42.0 Å². The zero-order valence-corrected chi connectivity index (χ0v) is 16.0. The number of rotatable bonds is 5. The van der Waals surface area contributed by atoms with Crippen LogP contribution in [0.5, 0.6) is 0 Å². The van der Waals surface area contributed by atoms with E-state index in [0.717, 1.165) is 25.6 Å². The summed E-state index contributed by atoms with van der Waals surface area (Å²) in [4.78, 5) is 18.5. The molecule has 0 fully saturated rings. The molecule has 124 valence electrons.